The Bertz CT molecular complexity index is 1160. The van der Waals surface area contributed by atoms with E-state index in [1.807, 2.05) is 29.2 Å². The molecular weight excluding hydrogens is 410 g/mol. The number of fused-ring (bicyclic) bond motifs is 2. The van der Waals surface area contributed by atoms with Crippen molar-refractivity contribution in [2.24, 2.45) is 0 Å². The van der Waals surface area contributed by atoms with Gasteiger partial charge in [-0.05, 0) is 61.7 Å². The van der Waals surface area contributed by atoms with E-state index in [2.05, 4.69) is 59.0 Å². The summed E-state index contributed by atoms with van der Waals surface area (Å²) in [6.07, 6.45) is 2.63. The van der Waals surface area contributed by atoms with Crippen LogP contribution in [0.25, 0.3) is 0 Å². The maximum atomic E-state index is 13.2. The third-order valence-electron chi connectivity index (χ3n) is 7.54. The maximum Gasteiger partial charge on any atom is 0.253 e. The van der Waals surface area contributed by atoms with Gasteiger partial charge in [-0.15, -0.1) is 0 Å². The summed E-state index contributed by atoms with van der Waals surface area (Å²) < 4.78 is 2.20. The highest BCUT2D eigenvalue weighted by molar-refractivity contribution is 5.94. The molecule has 0 aliphatic carbocycles. The van der Waals surface area contributed by atoms with Crippen LogP contribution in [0.15, 0.2) is 66.7 Å². The molecule has 1 amide bonds. The van der Waals surface area contributed by atoms with Gasteiger partial charge in [-0.2, -0.15) is 0 Å². The number of benzene rings is 2. The van der Waals surface area contributed by atoms with E-state index >= 15 is 0 Å². The average molecular weight is 442 g/mol. The highest BCUT2D eigenvalue weighted by Gasteiger charge is 2.45. The summed E-state index contributed by atoms with van der Waals surface area (Å²) in [6.45, 7) is 4.83. The largest absolute Gasteiger partial charge is 0.339 e. The third-order valence-corrected chi connectivity index (χ3v) is 7.54. The molecule has 5 heteroatoms. The molecule has 1 aromatic heterocycles. The Balaban J connectivity index is 1.28. The van der Waals surface area contributed by atoms with Gasteiger partial charge < -0.3 is 9.47 Å². The molecule has 0 unspecified atom stereocenters. The molecule has 3 heterocycles. The van der Waals surface area contributed by atoms with Crippen molar-refractivity contribution in [1.29, 1.82) is 0 Å². The molecule has 0 saturated carbocycles. The molecular formula is C28H31N3O2. The highest BCUT2D eigenvalue weighted by atomic mass is 16.2. The lowest BCUT2D eigenvalue weighted by Crippen LogP contribution is -2.56. The molecule has 3 aromatic rings. The molecule has 0 bridgehead atoms. The van der Waals surface area contributed by atoms with Crippen LogP contribution in [-0.4, -0.2) is 52.7 Å². The minimum Gasteiger partial charge on any atom is -0.339 e. The monoisotopic (exact) mass is 441 g/mol. The van der Waals surface area contributed by atoms with Crippen molar-refractivity contribution in [3.63, 3.8) is 0 Å². The molecule has 5 rings (SSSR count). The Morgan fingerprint density at radius 3 is 2.15 bits per heavy atom. The van der Waals surface area contributed by atoms with Crippen LogP contribution in [0.2, 0.25) is 0 Å². The lowest BCUT2D eigenvalue weighted by Gasteiger charge is -2.50. The number of amides is 1. The zero-order valence-corrected chi connectivity index (χ0v) is 19.5. The molecule has 170 valence electrons. The zero-order valence-electron chi connectivity index (χ0n) is 19.5. The van der Waals surface area contributed by atoms with Gasteiger partial charge in [0.1, 0.15) is 0 Å². The van der Waals surface area contributed by atoms with E-state index in [1.54, 1.807) is 6.92 Å². The first kappa shape index (κ1) is 21.7. The molecule has 2 aliphatic heterocycles. The number of rotatable bonds is 4. The second kappa shape index (κ2) is 8.64. The number of carbonyl (C=O) groups excluding carboxylic acids is 2. The van der Waals surface area contributed by atoms with Crippen molar-refractivity contribution >= 4 is 11.7 Å². The lowest BCUT2D eigenvalue weighted by molar-refractivity contribution is 0.0128. The molecule has 0 atom stereocenters. The lowest BCUT2D eigenvalue weighted by atomic mass is 9.81. The van der Waals surface area contributed by atoms with Crippen LogP contribution in [0.4, 0.5) is 0 Å². The second-order valence-electron chi connectivity index (χ2n) is 9.42. The Hall–Kier alpha value is -3.18. The van der Waals surface area contributed by atoms with Crippen molar-refractivity contribution in [2.45, 2.75) is 38.3 Å². The molecule has 1 saturated heterocycles. The first-order chi connectivity index (χ1) is 16.0. The van der Waals surface area contributed by atoms with Crippen molar-refractivity contribution in [3.05, 3.63) is 94.8 Å². The van der Waals surface area contributed by atoms with Gasteiger partial charge in [-0.3, -0.25) is 14.5 Å². The fraction of sp³-hybridized carbons (Fsp3) is 0.357. The number of hydrogen-bond acceptors (Lipinski definition) is 3. The summed E-state index contributed by atoms with van der Waals surface area (Å²) in [4.78, 5) is 29.7. The highest BCUT2D eigenvalue weighted by Crippen LogP contribution is 2.41. The van der Waals surface area contributed by atoms with Crippen molar-refractivity contribution in [1.82, 2.24) is 14.4 Å². The summed E-state index contributed by atoms with van der Waals surface area (Å²) in [5.41, 5.74) is 5.14. The molecule has 0 radical (unpaired) electrons. The molecule has 2 aromatic carbocycles. The normalized spacial score (nSPS) is 17.7. The van der Waals surface area contributed by atoms with Gasteiger partial charge in [0.2, 0.25) is 0 Å². The summed E-state index contributed by atoms with van der Waals surface area (Å²) in [7, 11) is 2.17. The number of Topliss-reactive ketones (excluding diaryl/α,β-unsaturated/α-hetero) is 1. The predicted molar refractivity (Wildman–Crippen MR) is 130 cm³/mol. The topological polar surface area (TPSA) is 45.6 Å². The first-order valence-electron chi connectivity index (χ1n) is 11.8. The van der Waals surface area contributed by atoms with Gasteiger partial charge in [0.05, 0.1) is 11.2 Å². The molecule has 1 spiro atoms. The Morgan fingerprint density at radius 1 is 0.818 bits per heavy atom. The number of likely N-dealkylation sites (tertiary alicyclic amines) is 1. The summed E-state index contributed by atoms with van der Waals surface area (Å²) in [6, 6.07) is 22.5. The summed E-state index contributed by atoms with van der Waals surface area (Å²) >= 11 is 0. The van der Waals surface area contributed by atoms with E-state index in [1.165, 1.54) is 16.8 Å². The van der Waals surface area contributed by atoms with E-state index in [0.29, 0.717) is 0 Å². The van der Waals surface area contributed by atoms with Gasteiger partial charge in [0.25, 0.3) is 5.91 Å². The van der Waals surface area contributed by atoms with E-state index in [9.17, 15) is 9.59 Å². The van der Waals surface area contributed by atoms with Crippen LogP contribution in [-0.2, 0) is 18.5 Å². The molecule has 5 nitrogen and oxygen atoms in total. The minimum atomic E-state index is -0.109. The van der Waals surface area contributed by atoms with Gasteiger partial charge in [0.15, 0.2) is 5.78 Å². The smallest absolute Gasteiger partial charge is 0.253 e. The Morgan fingerprint density at radius 2 is 1.48 bits per heavy atom. The average Bonchev–Trinajstić information content (AvgIpc) is 3.28. The zero-order chi connectivity index (χ0) is 23.0. The minimum absolute atomic E-state index is 0.106. The molecule has 1 fully saturated rings. The molecule has 0 N–H and O–H groups in total. The van der Waals surface area contributed by atoms with Gasteiger partial charge in [-0.1, -0.05) is 42.5 Å². The van der Waals surface area contributed by atoms with Crippen LogP contribution >= 0.6 is 0 Å². The van der Waals surface area contributed by atoms with E-state index < -0.39 is 0 Å². The first-order valence-corrected chi connectivity index (χ1v) is 11.8. The molecule has 33 heavy (non-hydrogen) atoms. The summed E-state index contributed by atoms with van der Waals surface area (Å²) in [5.74, 6) is 0.221. The SMILES string of the molecule is CC(=O)c1ccc2n1CCN(C)C21CCN(C(=O)c2ccc(Cc3ccccc3)cc2)CC1. The summed E-state index contributed by atoms with van der Waals surface area (Å²) in [5, 5.41) is 0. The van der Waals surface area contributed by atoms with Crippen LogP contribution in [0.5, 0.6) is 0 Å². The van der Waals surface area contributed by atoms with Gasteiger partial charge >= 0.3 is 0 Å². The van der Waals surface area contributed by atoms with E-state index in [4.69, 9.17) is 0 Å². The van der Waals surface area contributed by atoms with E-state index in [-0.39, 0.29) is 17.2 Å². The fourth-order valence-corrected chi connectivity index (χ4v) is 5.58. The number of piperidine rings is 1. The van der Waals surface area contributed by atoms with Crippen LogP contribution < -0.4 is 0 Å². The van der Waals surface area contributed by atoms with E-state index in [0.717, 1.165) is 56.7 Å². The Labute approximate surface area is 195 Å². The number of nitrogens with zero attached hydrogens (tertiary/aromatic N) is 3. The van der Waals surface area contributed by atoms with Crippen molar-refractivity contribution in [3.8, 4) is 0 Å². The number of aromatic nitrogens is 1. The van der Waals surface area contributed by atoms with Gasteiger partial charge in [-0.25, -0.2) is 0 Å². The van der Waals surface area contributed by atoms with Gasteiger partial charge in [0, 0.05) is 44.4 Å². The maximum absolute atomic E-state index is 13.2. The quantitative estimate of drug-likeness (QED) is 0.565. The van der Waals surface area contributed by atoms with Crippen molar-refractivity contribution in [2.75, 3.05) is 26.7 Å². The Kier molecular flexibility index (Phi) is 5.67. The van der Waals surface area contributed by atoms with Crippen molar-refractivity contribution < 1.29 is 9.59 Å². The number of hydrogen-bond donors (Lipinski definition) is 0. The number of ketones is 1. The number of likely N-dealkylation sites (N-methyl/N-ethyl adjacent to an activating group) is 1. The van der Waals surface area contributed by atoms with Crippen LogP contribution in [0, 0.1) is 0 Å². The number of carbonyl (C=O) groups is 2. The standard InChI is InChI=1S/C28H31N3O2/c1-21(32)25-12-13-26-28(29(2)18-19-31(25)26)14-16-30(17-15-28)27(33)24-10-8-23(9-11-24)20-22-6-4-3-5-7-22/h3-13H,14-20H2,1-2H3. The third kappa shape index (κ3) is 3.91. The second-order valence-corrected chi connectivity index (χ2v) is 9.42. The van der Waals surface area contributed by atoms with Crippen LogP contribution in [0.3, 0.4) is 0 Å². The molecule has 2 aliphatic rings. The van der Waals surface area contributed by atoms with Crippen LogP contribution in [0.1, 0.15) is 57.4 Å². The predicted octanol–water partition coefficient (Wildman–Crippen LogP) is 4.36. The fourth-order valence-electron chi connectivity index (χ4n) is 5.58.